The Bertz CT molecular complexity index is 374. The summed E-state index contributed by atoms with van der Waals surface area (Å²) in [5, 5.41) is 19.6. The molecule has 0 aliphatic carbocycles. The zero-order chi connectivity index (χ0) is 12.3. The number of imidazole rings is 1. The van der Waals surface area contributed by atoms with E-state index in [9.17, 15) is 10.1 Å². The monoisotopic (exact) mass is 248 g/mol. The fraction of sp³-hybridized carbons (Fsp3) is 0.625. The van der Waals surface area contributed by atoms with Gasteiger partial charge < -0.3 is 15.3 Å². The van der Waals surface area contributed by atoms with Crippen LogP contribution in [0.5, 0.6) is 0 Å². The normalized spacial score (nSPS) is 13.8. The van der Waals surface area contributed by atoms with Crippen molar-refractivity contribution in [2.24, 2.45) is 0 Å². The van der Waals surface area contributed by atoms with Crippen LogP contribution in [-0.2, 0) is 6.54 Å². The topological polar surface area (TPSA) is 93.2 Å². The van der Waals surface area contributed by atoms with E-state index in [1.807, 2.05) is 5.48 Å². The smallest absolute Gasteiger partial charge is 0.390 e. The fourth-order valence-electron chi connectivity index (χ4n) is 1.22. The SMILES string of the molecule is CC(C)(Cl)C(Cn1ccnc1[N+](=O)[O-])NO. The van der Waals surface area contributed by atoms with Gasteiger partial charge in [0.15, 0.2) is 0 Å². The molecule has 0 saturated heterocycles. The van der Waals surface area contributed by atoms with E-state index in [-0.39, 0.29) is 12.5 Å². The zero-order valence-electron chi connectivity index (χ0n) is 8.92. The number of aromatic nitrogens is 2. The first-order valence-electron chi connectivity index (χ1n) is 4.60. The summed E-state index contributed by atoms with van der Waals surface area (Å²) < 4.78 is 1.32. The van der Waals surface area contributed by atoms with Gasteiger partial charge in [-0.15, -0.1) is 11.6 Å². The number of halogens is 1. The summed E-state index contributed by atoms with van der Waals surface area (Å²) in [6.07, 6.45) is 2.79. The van der Waals surface area contributed by atoms with Crippen LogP contribution < -0.4 is 5.48 Å². The summed E-state index contributed by atoms with van der Waals surface area (Å²) >= 11 is 6.02. The molecule has 0 bridgehead atoms. The second-order valence-electron chi connectivity index (χ2n) is 3.88. The van der Waals surface area contributed by atoms with Crippen LogP contribution in [0.25, 0.3) is 0 Å². The van der Waals surface area contributed by atoms with Crippen LogP contribution in [0, 0.1) is 10.1 Å². The summed E-state index contributed by atoms with van der Waals surface area (Å²) in [6, 6.07) is -0.526. The second kappa shape index (κ2) is 4.77. The van der Waals surface area contributed by atoms with Gasteiger partial charge >= 0.3 is 5.95 Å². The minimum absolute atomic E-state index is 0.156. The van der Waals surface area contributed by atoms with Crippen molar-refractivity contribution in [2.75, 3.05) is 0 Å². The Morgan fingerprint density at radius 1 is 1.81 bits per heavy atom. The number of nitrogens with zero attached hydrogens (tertiary/aromatic N) is 3. The molecule has 1 heterocycles. The predicted octanol–water partition coefficient (Wildman–Crippen LogP) is 1.16. The molecule has 0 aliphatic rings. The minimum Gasteiger partial charge on any atom is -0.390 e. The Kier molecular flexibility index (Phi) is 3.84. The second-order valence-corrected chi connectivity index (χ2v) is 4.86. The molecule has 16 heavy (non-hydrogen) atoms. The van der Waals surface area contributed by atoms with Gasteiger partial charge in [0, 0.05) is 0 Å². The Balaban J connectivity index is 2.86. The van der Waals surface area contributed by atoms with Crippen molar-refractivity contribution >= 4 is 17.5 Å². The molecule has 1 aromatic heterocycles. The number of nitrogens with one attached hydrogen (secondary N) is 1. The molecule has 2 N–H and O–H groups in total. The molecule has 8 heteroatoms. The van der Waals surface area contributed by atoms with Gasteiger partial charge in [-0.05, 0) is 18.8 Å². The van der Waals surface area contributed by atoms with Crippen molar-refractivity contribution < 1.29 is 10.1 Å². The lowest BCUT2D eigenvalue weighted by atomic mass is 10.0. The molecular weight excluding hydrogens is 236 g/mol. The Hall–Kier alpha value is -1.18. The highest BCUT2D eigenvalue weighted by molar-refractivity contribution is 6.23. The molecule has 0 fully saturated rings. The molecule has 1 rings (SSSR count). The van der Waals surface area contributed by atoms with E-state index in [4.69, 9.17) is 16.8 Å². The van der Waals surface area contributed by atoms with Crippen LogP contribution in [0.4, 0.5) is 5.95 Å². The van der Waals surface area contributed by atoms with Gasteiger partial charge in [-0.3, -0.25) is 0 Å². The van der Waals surface area contributed by atoms with E-state index in [1.54, 1.807) is 13.8 Å². The molecule has 0 spiro atoms. The first-order valence-corrected chi connectivity index (χ1v) is 4.98. The third-order valence-corrected chi connectivity index (χ3v) is 2.48. The Morgan fingerprint density at radius 2 is 2.44 bits per heavy atom. The van der Waals surface area contributed by atoms with Crippen molar-refractivity contribution in [3.8, 4) is 0 Å². The van der Waals surface area contributed by atoms with Gasteiger partial charge in [0.05, 0.1) is 17.5 Å². The van der Waals surface area contributed by atoms with E-state index in [0.29, 0.717) is 0 Å². The summed E-state index contributed by atoms with van der Waals surface area (Å²) in [7, 11) is 0. The lowest BCUT2D eigenvalue weighted by Crippen LogP contribution is -2.44. The summed E-state index contributed by atoms with van der Waals surface area (Å²) in [5.74, 6) is -0.277. The molecule has 0 radical (unpaired) electrons. The third-order valence-electron chi connectivity index (χ3n) is 2.22. The standard InChI is InChI=1S/C8H13ClN4O3/c1-8(2,9)6(11-14)5-12-4-3-10-7(12)13(15)16/h3-4,6,11,14H,5H2,1-2H3. The van der Waals surface area contributed by atoms with Crippen molar-refractivity contribution in [2.45, 2.75) is 31.3 Å². The molecule has 7 nitrogen and oxygen atoms in total. The highest BCUT2D eigenvalue weighted by Crippen LogP contribution is 2.20. The average Bonchev–Trinajstić information content (AvgIpc) is 2.59. The molecular formula is C8H13ClN4O3. The van der Waals surface area contributed by atoms with Crippen LogP contribution in [-0.4, -0.2) is 30.6 Å². The molecule has 0 aromatic carbocycles. The van der Waals surface area contributed by atoms with Gasteiger partial charge in [0.1, 0.15) is 12.4 Å². The Labute approximate surface area is 97.1 Å². The summed E-state index contributed by atoms with van der Waals surface area (Å²) in [4.78, 5) is 12.9. The van der Waals surface area contributed by atoms with E-state index in [2.05, 4.69) is 4.98 Å². The van der Waals surface area contributed by atoms with Gasteiger partial charge in [0.2, 0.25) is 0 Å². The third kappa shape index (κ3) is 2.91. The van der Waals surface area contributed by atoms with E-state index in [0.717, 1.165) is 0 Å². The number of alkyl halides is 1. The van der Waals surface area contributed by atoms with Crippen LogP contribution in [0.15, 0.2) is 12.4 Å². The van der Waals surface area contributed by atoms with Crippen molar-refractivity contribution in [1.82, 2.24) is 15.0 Å². The number of nitro groups is 1. The lowest BCUT2D eigenvalue weighted by molar-refractivity contribution is -0.396. The number of hydrogen-bond acceptors (Lipinski definition) is 5. The minimum atomic E-state index is -0.743. The quantitative estimate of drug-likeness (QED) is 0.463. The Morgan fingerprint density at radius 3 is 2.88 bits per heavy atom. The highest BCUT2D eigenvalue weighted by atomic mass is 35.5. The summed E-state index contributed by atoms with van der Waals surface area (Å²) in [6.45, 7) is 3.56. The van der Waals surface area contributed by atoms with Crippen LogP contribution >= 0.6 is 11.6 Å². The molecule has 1 unspecified atom stereocenters. The van der Waals surface area contributed by atoms with Crippen LogP contribution in [0.1, 0.15) is 13.8 Å². The number of rotatable bonds is 5. The van der Waals surface area contributed by atoms with Gasteiger partial charge in [-0.1, -0.05) is 4.98 Å². The molecule has 0 saturated carbocycles. The molecule has 1 aromatic rings. The highest BCUT2D eigenvalue weighted by Gasteiger charge is 2.30. The zero-order valence-corrected chi connectivity index (χ0v) is 9.68. The predicted molar refractivity (Wildman–Crippen MR) is 57.5 cm³/mol. The maximum atomic E-state index is 10.6. The van der Waals surface area contributed by atoms with E-state index >= 15 is 0 Å². The van der Waals surface area contributed by atoms with E-state index in [1.165, 1.54) is 17.0 Å². The average molecular weight is 249 g/mol. The van der Waals surface area contributed by atoms with Gasteiger partial charge in [-0.2, -0.15) is 5.48 Å². The van der Waals surface area contributed by atoms with Gasteiger partial charge in [-0.25, -0.2) is 4.57 Å². The fourth-order valence-corrected chi connectivity index (χ4v) is 1.34. The van der Waals surface area contributed by atoms with Crippen molar-refractivity contribution in [3.05, 3.63) is 22.5 Å². The lowest BCUT2D eigenvalue weighted by Gasteiger charge is -2.25. The number of hydrogen-bond donors (Lipinski definition) is 2. The largest absolute Gasteiger partial charge is 0.434 e. The molecule has 90 valence electrons. The first-order chi connectivity index (χ1) is 7.36. The van der Waals surface area contributed by atoms with Crippen LogP contribution in [0.3, 0.4) is 0 Å². The van der Waals surface area contributed by atoms with Crippen LogP contribution in [0.2, 0.25) is 0 Å². The van der Waals surface area contributed by atoms with E-state index < -0.39 is 15.8 Å². The maximum Gasteiger partial charge on any atom is 0.434 e. The molecule has 0 amide bonds. The number of hydroxylamine groups is 1. The molecule has 1 atom stereocenters. The van der Waals surface area contributed by atoms with Gasteiger partial charge in [0.25, 0.3) is 0 Å². The van der Waals surface area contributed by atoms with Crippen molar-refractivity contribution in [1.29, 1.82) is 0 Å². The first kappa shape index (κ1) is 12.9. The summed E-state index contributed by atoms with van der Waals surface area (Å²) in [5.41, 5.74) is 2.04. The molecule has 0 aliphatic heterocycles. The van der Waals surface area contributed by atoms with Crippen molar-refractivity contribution in [3.63, 3.8) is 0 Å². The maximum absolute atomic E-state index is 10.6.